The van der Waals surface area contributed by atoms with E-state index in [9.17, 15) is 14.9 Å². The van der Waals surface area contributed by atoms with Crippen LogP contribution < -0.4 is 16.1 Å². The van der Waals surface area contributed by atoms with Gasteiger partial charge in [-0.15, -0.1) is 5.10 Å². The number of nitro groups is 1. The van der Waals surface area contributed by atoms with Crippen molar-refractivity contribution >= 4 is 29.3 Å². The Morgan fingerprint density at radius 2 is 2.06 bits per heavy atom. The smallest absolute Gasteiger partial charge is 0.293 e. The summed E-state index contributed by atoms with van der Waals surface area (Å²) in [5.74, 6) is -0.591. The van der Waals surface area contributed by atoms with Gasteiger partial charge in [0.2, 0.25) is 11.6 Å². The molecule has 14 heteroatoms. The van der Waals surface area contributed by atoms with Crippen LogP contribution in [0.5, 0.6) is 0 Å². The zero-order valence-electron chi connectivity index (χ0n) is 17.8. The number of nitrogens with one attached hydrogen (secondary N) is 1. The third kappa shape index (κ3) is 4.69. The molecule has 1 amide bonds. The number of carbonyl (C=O) groups is 1. The van der Waals surface area contributed by atoms with Gasteiger partial charge in [-0.05, 0) is 22.4 Å². The van der Waals surface area contributed by atoms with E-state index in [1.54, 1.807) is 6.07 Å². The van der Waals surface area contributed by atoms with E-state index in [1.807, 2.05) is 42.3 Å². The molecule has 0 radical (unpaired) electrons. The number of nitro benzene ring substituents is 1. The van der Waals surface area contributed by atoms with E-state index in [0.29, 0.717) is 11.3 Å². The molecule has 2 aromatic heterocycles. The van der Waals surface area contributed by atoms with Crippen molar-refractivity contribution in [1.82, 2.24) is 30.7 Å². The molecule has 0 saturated heterocycles. The number of nitrogens with zero attached hydrogens (tertiary/aromatic N) is 8. The number of hydrogen-bond donors (Lipinski definition) is 2. The van der Waals surface area contributed by atoms with E-state index in [2.05, 4.69) is 35.8 Å². The highest BCUT2D eigenvalue weighted by atomic mass is 16.6. The van der Waals surface area contributed by atoms with Crippen molar-refractivity contribution in [3.8, 4) is 5.82 Å². The summed E-state index contributed by atoms with van der Waals surface area (Å²) in [6, 6.07) is 15.3. The summed E-state index contributed by atoms with van der Waals surface area (Å²) in [7, 11) is 1.83. The molecule has 14 nitrogen and oxygen atoms in total. The second kappa shape index (κ2) is 9.56. The summed E-state index contributed by atoms with van der Waals surface area (Å²) in [5, 5.41) is 30.0. The molecule has 0 saturated carbocycles. The first kappa shape index (κ1) is 22.1. The van der Waals surface area contributed by atoms with Crippen LogP contribution in [0.15, 0.2) is 64.3 Å². The van der Waals surface area contributed by atoms with Gasteiger partial charge in [-0.3, -0.25) is 14.9 Å². The number of hydrogen-bond acceptors (Lipinski definition) is 11. The molecular formula is C20H18N10O4. The lowest BCUT2D eigenvalue weighted by molar-refractivity contribution is -0.384. The Morgan fingerprint density at radius 1 is 1.26 bits per heavy atom. The van der Waals surface area contributed by atoms with Crippen molar-refractivity contribution in [2.75, 3.05) is 17.7 Å². The Labute approximate surface area is 191 Å². The SMILES string of the molecule is CN(Cc1c(C(=O)N/N=C/c2cccc([N+](=O)[O-])c2)nnn1-c1nonc1N)c1ccccc1. The number of anilines is 2. The fourth-order valence-corrected chi connectivity index (χ4v) is 3.06. The molecule has 3 N–H and O–H groups in total. The minimum absolute atomic E-state index is 0.0239. The van der Waals surface area contributed by atoms with Crippen molar-refractivity contribution < 1.29 is 14.3 Å². The standard InChI is InChI=1S/C20H18N10O4/c1-28(14-7-3-2-4-8-14)12-16-17(23-27-29(16)19-18(21)25-34-26-19)20(31)24-22-11-13-6-5-9-15(10-13)30(32)33/h2-11H,12H2,1H3,(H2,21,25)(H,24,31)/b22-11+. The maximum Gasteiger partial charge on any atom is 0.293 e. The molecule has 0 aliphatic heterocycles. The van der Waals surface area contributed by atoms with Crippen molar-refractivity contribution in [2.24, 2.45) is 5.10 Å². The molecule has 0 unspecified atom stereocenters. The van der Waals surface area contributed by atoms with E-state index in [1.165, 1.54) is 29.1 Å². The Balaban J connectivity index is 1.60. The number of rotatable bonds is 8. The minimum Gasteiger partial charge on any atom is -0.378 e. The van der Waals surface area contributed by atoms with Crippen LogP contribution in [-0.4, -0.2) is 49.4 Å². The third-order valence-electron chi connectivity index (χ3n) is 4.72. The number of nitrogens with two attached hydrogens (primary N) is 1. The minimum atomic E-state index is -0.653. The van der Waals surface area contributed by atoms with Gasteiger partial charge in [0.25, 0.3) is 11.6 Å². The molecular weight excluding hydrogens is 444 g/mol. The summed E-state index contributed by atoms with van der Waals surface area (Å²) < 4.78 is 5.92. The number of hydrazone groups is 1. The van der Waals surface area contributed by atoms with Crippen molar-refractivity contribution in [3.63, 3.8) is 0 Å². The second-order valence-electron chi connectivity index (χ2n) is 7.01. The number of para-hydroxylation sites is 1. The highest BCUT2D eigenvalue weighted by Crippen LogP contribution is 2.20. The summed E-state index contributed by atoms with van der Waals surface area (Å²) in [4.78, 5) is 25.1. The van der Waals surface area contributed by atoms with Crippen LogP contribution in [0.1, 0.15) is 21.7 Å². The van der Waals surface area contributed by atoms with Gasteiger partial charge < -0.3 is 10.6 Å². The van der Waals surface area contributed by atoms with Gasteiger partial charge in [-0.1, -0.05) is 35.5 Å². The molecule has 2 heterocycles. The quantitative estimate of drug-likeness (QED) is 0.221. The largest absolute Gasteiger partial charge is 0.378 e. The number of aromatic nitrogens is 5. The summed E-state index contributed by atoms with van der Waals surface area (Å²) in [6.07, 6.45) is 1.28. The predicted octanol–water partition coefficient (Wildman–Crippen LogP) is 1.54. The highest BCUT2D eigenvalue weighted by molar-refractivity contribution is 5.94. The Hall–Kier alpha value is -5.14. The second-order valence-corrected chi connectivity index (χ2v) is 7.01. The Bertz CT molecular complexity index is 1350. The Kier molecular flexibility index (Phi) is 6.20. The third-order valence-corrected chi connectivity index (χ3v) is 4.72. The predicted molar refractivity (Wildman–Crippen MR) is 120 cm³/mol. The molecule has 0 bridgehead atoms. The van der Waals surface area contributed by atoms with Crippen molar-refractivity contribution in [1.29, 1.82) is 0 Å². The van der Waals surface area contributed by atoms with Crippen LogP contribution in [0.2, 0.25) is 0 Å². The van der Waals surface area contributed by atoms with Crippen LogP contribution in [-0.2, 0) is 6.54 Å². The van der Waals surface area contributed by atoms with Crippen LogP contribution in [0, 0.1) is 10.1 Å². The molecule has 0 atom stereocenters. The van der Waals surface area contributed by atoms with Crippen LogP contribution >= 0.6 is 0 Å². The topological polar surface area (TPSA) is 183 Å². The zero-order chi connectivity index (χ0) is 24.1. The number of nitrogen functional groups attached to an aromatic ring is 1. The number of amides is 1. The monoisotopic (exact) mass is 462 g/mol. The van der Waals surface area contributed by atoms with E-state index < -0.39 is 10.8 Å². The average Bonchev–Trinajstić information content (AvgIpc) is 3.45. The van der Waals surface area contributed by atoms with Crippen molar-refractivity contribution in [3.05, 3.63) is 81.7 Å². The van der Waals surface area contributed by atoms with Gasteiger partial charge >= 0.3 is 0 Å². The van der Waals surface area contributed by atoms with Crippen LogP contribution in [0.3, 0.4) is 0 Å². The summed E-state index contributed by atoms with van der Waals surface area (Å²) >= 11 is 0. The van der Waals surface area contributed by atoms with E-state index in [0.717, 1.165) is 5.69 Å². The Morgan fingerprint density at radius 3 is 2.76 bits per heavy atom. The van der Waals surface area contributed by atoms with Gasteiger partial charge in [0.05, 0.1) is 23.4 Å². The van der Waals surface area contributed by atoms with Gasteiger partial charge in [0, 0.05) is 30.4 Å². The van der Waals surface area contributed by atoms with Crippen LogP contribution in [0.25, 0.3) is 5.82 Å². The first-order chi connectivity index (χ1) is 16.4. The number of benzene rings is 2. The number of non-ortho nitro benzene ring substituents is 1. The van der Waals surface area contributed by atoms with Gasteiger partial charge in [-0.25, -0.2) is 10.1 Å². The molecule has 4 rings (SSSR count). The van der Waals surface area contributed by atoms with E-state index in [4.69, 9.17) is 5.73 Å². The lowest BCUT2D eigenvalue weighted by Gasteiger charge is -2.19. The normalized spacial score (nSPS) is 11.0. The van der Waals surface area contributed by atoms with E-state index in [-0.39, 0.29) is 29.6 Å². The first-order valence-corrected chi connectivity index (χ1v) is 9.81. The molecule has 0 fully saturated rings. The average molecular weight is 462 g/mol. The fraction of sp³-hybridized carbons (Fsp3) is 0.100. The molecule has 4 aromatic rings. The summed E-state index contributed by atoms with van der Waals surface area (Å²) in [5.41, 5.74) is 9.72. The van der Waals surface area contributed by atoms with Gasteiger partial charge in [0.1, 0.15) is 0 Å². The maximum absolute atomic E-state index is 12.9. The lowest BCUT2D eigenvalue weighted by Crippen LogP contribution is -2.24. The molecule has 0 aliphatic rings. The number of carbonyl (C=O) groups excluding carboxylic acids is 1. The molecule has 0 spiro atoms. The molecule has 0 aliphatic carbocycles. The van der Waals surface area contributed by atoms with Gasteiger partial charge in [-0.2, -0.15) is 9.78 Å². The molecule has 2 aromatic carbocycles. The zero-order valence-corrected chi connectivity index (χ0v) is 17.8. The molecule has 34 heavy (non-hydrogen) atoms. The van der Waals surface area contributed by atoms with Crippen molar-refractivity contribution in [2.45, 2.75) is 6.54 Å². The summed E-state index contributed by atoms with van der Waals surface area (Å²) in [6.45, 7) is 0.209. The first-order valence-electron chi connectivity index (χ1n) is 9.81. The molecule has 172 valence electrons. The van der Waals surface area contributed by atoms with Crippen LogP contribution in [0.4, 0.5) is 17.2 Å². The fourth-order valence-electron chi connectivity index (χ4n) is 3.06. The van der Waals surface area contributed by atoms with E-state index >= 15 is 0 Å². The maximum atomic E-state index is 12.9. The highest BCUT2D eigenvalue weighted by Gasteiger charge is 2.25. The lowest BCUT2D eigenvalue weighted by atomic mass is 10.2. The van der Waals surface area contributed by atoms with Gasteiger partial charge in [0.15, 0.2) is 5.69 Å².